The van der Waals surface area contributed by atoms with Gasteiger partial charge in [-0.15, -0.1) is 0 Å². The lowest BCUT2D eigenvalue weighted by Crippen LogP contribution is -2.46. The highest BCUT2D eigenvalue weighted by Crippen LogP contribution is 2.36. The van der Waals surface area contributed by atoms with Gasteiger partial charge < -0.3 is 15.5 Å². The molecule has 1 aliphatic heterocycles. The Labute approximate surface area is 181 Å². The molecule has 2 heterocycles. The van der Waals surface area contributed by atoms with Crippen LogP contribution in [0.2, 0.25) is 0 Å². The van der Waals surface area contributed by atoms with E-state index in [1.807, 2.05) is 25.7 Å². The first-order valence-electron chi connectivity index (χ1n) is 11.0. The highest BCUT2D eigenvalue weighted by molar-refractivity contribution is 6.00. The minimum Gasteiger partial charge on any atom is -0.378 e. The van der Waals surface area contributed by atoms with Crippen LogP contribution in [0.25, 0.3) is 0 Å². The molecule has 0 aliphatic carbocycles. The van der Waals surface area contributed by atoms with Gasteiger partial charge >= 0.3 is 0 Å². The molecule has 2 N–H and O–H groups in total. The first-order chi connectivity index (χ1) is 14.0. The van der Waals surface area contributed by atoms with Crippen LogP contribution in [0.4, 0.5) is 11.5 Å². The summed E-state index contributed by atoms with van der Waals surface area (Å²) in [7, 11) is 4.07. The van der Waals surface area contributed by atoms with Gasteiger partial charge in [-0.05, 0) is 64.7 Å². The van der Waals surface area contributed by atoms with Crippen LogP contribution in [0.3, 0.4) is 0 Å². The average molecular weight is 412 g/mol. The van der Waals surface area contributed by atoms with Gasteiger partial charge in [-0.2, -0.15) is 5.10 Å². The van der Waals surface area contributed by atoms with Crippen LogP contribution in [0, 0.1) is 6.92 Å². The third-order valence-corrected chi connectivity index (χ3v) is 6.55. The van der Waals surface area contributed by atoms with Gasteiger partial charge in [0.25, 0.3) is 5.91 Å². The minimum absolute atomic E-state index is 0.0634. The minimum atomic E-state index is -0.418. The Morgan fingerprint density at radius 2 is 1.87 bits per heavy atom. The molecule has 1 atom stereocenters. The molecule has 0 fully saturated rings. The lowest BCUT2D eigenvalue weighted by atomic mass is 9.84. The molecule has 0 bridgehead atoms. The fourth-order valence-corrected chi connectivity index (χ4v) is 4.76. The van der Waals surface area contributed by atoms with Crippen molar-refractivity contribution in [3.8, 4) is 0 Å². The van der Waals surface area contributed by atoms with E-state index in [2.05, 4.69) is 74.4 Å². The molecule has 1 aliphatic rings. The van der Waals surface area contributed by atoms with Crippen LogP contribution in [-0.2, 0) is 11.1 Å². The standard InChI is InChI=1S/C24H37N5O/c1-9-24(10-2,18-11-13-19(14-12-18)28(7)8)26-22(30)20-17(4)27-29-21(20)25-16(3)15-23(29,5)6/h11-14,16,25H,9-10,15H2,1-8H3,(H,26,30)/t16-/m0/s1. The molecule has 6 nitrogen and oxygen atoms in total. The Morgan fingerprint density at radius 1 is 1.27 bits per heavy atom. The fourth-order valence-electron chi connectivity index (χ4n) is 4.76. The summed E-state index contributed by atoms with van der Waals surface area (Å²) in [5, 5.41) is 11.6. The smallest absolute Gasteiger partial charge is 0.257 e. The van der Waals surface area contributed by atoms with Gasteiger partial charge in [0.1, 0.15) is 11.4 Å². The van der Waals surface area contributed by atoms with Gasteiger partial charge in [-0.25, -0.2) is 4.68 Å². The number of fused-ring (bicyclic) bond motifs is 1. The van der Waals surface area contributed by atoms with Crippen molar-refractivity contribution in [1.82, 2.24) is 15.1 Å². The van der Waals surface area contributed by atoms with Crippen LogP contribution in [-0.4, -0.2) is 35.8 Å². The van der Waals surface area contributed by atoms with Crippen molar-refractivity contribution in [2.75, 3.05) is 24.3 Å². The van der Waals surface area contributed by atoms with Gasteiger partial charge in [0.2, 0.25) is 0 Å². The summed E-state index contributed by atoms with van der Waals surface area (Å²) in [4.78, 5) is 15.7. The number of carbonyl (C=O) groups is 1. The summed E-state index contributed by atoms with van der Waals surface area (Å²) in [5.41, 5.74) is 3.16. The molecule has 164 valence electrons. The summed E-state index contributed by atoms with van der Waals surface area (Å²) >= 11 is 0. The number of nitrogens with zero attached hydrogens (tertiary/aromatic N) is 3. The largest absolute Gasteiger partial charge is 0.378 e. The summed E-state index contributed by atoms with van der Waals surface area (Å²) in [5.74, 6) is 0.768. The molecule has 6 heteroatoms. The van der Waals surface area contributed by atoms with Crippen molar-refractivity contribution in [2.45, 2.75) is 77.9 Å². The van der Waals surface area contributed by atoms with Crippen LogP contribution in [0.5, 0.6) is 0 Å². The molecule has 2 aromatic rings. The maximum absolute atomic E-state index is 13.6. The number of amides is 1. The van der Waals surface area contributed by atoms with E-state index >= 15 is 0 Å². The molecular formula is C24H37N5O. The number of anilines is 2. The normalized spacial score (nSPS) is 17.8. The second kappa shape index (κ2) is 7.97. The zero-order valence-electron chi connectivity index (χ0n) is 19.8. The molecule has 0 unspecified atom stereocenters. The topological polar surface area (TPSA) is 62.2 Å². The van der Waals surface area contributed by atoms with E-state index in [0.29, 0.717) is 5.56 Å². The number of hydrogen-bond donors (Lipinski definition) is 2. The maximum atomic E-state index is 13.6. The molecule has 0 spiro atoms. The highest BCUT2D eigenvalue weighted by atomic mass is 16.2. The molecule has 0 radical (unpaired) electrons. The van der Waals surface area contributed by atoms with E-state index in [1.165, 1.54) is 0 Å². The monoisotopic (exact) mass is 411 g/mol. The van der Waals surface area contributed by atoms with Crippen molar-refractivity contribution in [2.24, 2.45) is 0 Å². The van der Waals surface area contributed by atoms with E-state index in [9.17, 15) is 4.79 Å². The quantitative estimate of drug-likeness (QED) is 0.727. The zero-order valence-corrected chi connectivity index (χ0v) is 19.8. The average Bonchev–Trinajstić information content (AvgIpc) is 3.02. The van der Waals surface area contributed by atoms with E-state index in [-0.39, 0.29) is 17.5 Å². The fraction of sp³-hybridized carbons (Fsp3) is 0.583. The molecule has 1 aromatic heterocycles. The second-order valence-corrected chi connectivity index (χ2v) is 9.47. The number of rotatable bonds is 6. The van der Waals surface area contributed by atoms with Crippen molar-refractivity contribution in [3.05, 3.63) is 41.1 Å². The summed E-state index contributed by atoms with van der Waals surface area (Å²) < 4.78 is 1.99. The van der Waals surface area contributed by atoms with Gasteiger partial charge in [-0.3, -0.25) is 4.79 Å². The summed E-state index contributed by atoms with van der Waals surface area (Å²) in [6.07, 6.45) is 2.59. The number of aromatic nitrogens is 2. The van der Waals surface area contributed by atoms with Crippen molar-refractivity contribution in [1.29, 1.82) is 0 Å². The summed E-state index contributed by atoms with van der Waals surface area (Å²) in [6.45, 7) is 12.7. The van der Waals surface area contributed by atoms with Gasteiger partial charge in [0.05, 0.1) is 16.8 Å². The molecule has 30 heavy (non-hydrogen) atoms. The Hall–Kier alpha value is -2.50. The van der Waals surface area contributed by atoms with Crippen LogP contribution in [0.1, 0.15) is 75.5 Å². The zero-order chi connectivity index (χ0) is 22.3. The Balaban J connectivity index is 1.98. The molecule has 0 saturated carbocycles. The Bertz CT molecular complexity index is 906. The number of benzene rings is 1. The van der Waals surface area contributed by atoms with Gasteiger partial charge in [0.15, 0.2) is 0 Å². The van der Waals surface area contributed by atoms with Crippen molar-refractivity contribution in [3.63, 3.8) is 0 Å². The van der Waals surface area contributed by atoms with Crippen LogP contribution >= 0.6 is 0 Å². The SMILES string of the molecule is CCC(CC)(NC(=O)c1c(C)nn2c1N[C@@H](C)CC2(C)C)c1ccc(N(C)C)cc1. The third kappa shape index (κ3) is 3.80. The van der Waals surface area contributed by atoms with E-state index < -0.39 is 5.54 Å². The molecule has 3 rings (SSSR count). The predicted octanol–water partition coefficient (Wildman–Crippen LogP) is 4.64. The molecule has 0 saturated heterocycles. The molecule has 1 amide bonds. The third-order valence-electron chi connectivity index (χ3n) is 6.55. The molecule has 1 aromatic carbocycles. The lowest BCUT2D eigenvalue weighted by Gasteiger charge is -2.37. The predicted molar refractivity (Wildman–Crippen MR) is 124 cm³/mol. The Kier molecular flexibility index (Phi) is 5.89. The van der Waals surface area contributed by atoms with Crippen LogP contribution < -0.4 is 15.5 Å². The summed E-state index contributed by atoms with van der Waals surface area (Å²) in [6, 6.07) is 8.77. The highest BCUT2D eigenvalue weighted by Gasteiger charge is 2.38. The number of nitrogens with one attached hydrogen (secondary N) is 2. The van der Waals surface area contributed by atoms with E-state index in [1.54, 1.807) is 0 Å². The van der Waals surface area contributed by atoms with E-state index in [0.717, 1.165) is 42.0 Å². The first kappa shape index (κ1) is 22.2. The van der Waals surface area contributed by atoms with Crippen LogP contribution in [0.15, 0.2) is 24.3 Å². The second-order valence-electron chi connectivity index (χ2n) is 9.47. The lowest BCUT2D eigenvalue weighted by molar-refractivity contribution is 0.0889. The van der Waals surface area contributed by atoms with E-state index in [4.69, 9.17) is 5.10 Å². The number of aryl methyl sites for hydroxylation is 1. The number of hydrogen-bond acceptors (Lipinski definition) is 4. The van der Waals surface area contributed by atoms with Crippen molar-refractivity contribution >= 4 is 17.4 Å². The van der Waals surface area contributed by atoms with Crippen molar-refractivity contribution < 1.29 is 4.79 Å². The van der Waals surface area contributed by atoms with Gasteiger partial charge in [-0.1, -0.05) is 26.0 Å². The Morgan fingerprint density at radius 3 is 2.40 bits per heavy atom. The number of carbonyl (C=O) groups excluding carboxylic acids is 1. The first-order valence-corrected chi connectivity index (χ1v) is 11.0. The molecular weight excluding hydrogens is 374 g/mol. The maximum Gasteiger partial charge on any atom is 0.257 e. The van der Waals surface area contributed by atoms with Gasteiger partial charge in [0, 0.05) is 25.8 Å².